The number of rotatable bonds is 2. The zero-order chi connectivity index (χ0) is 13.0. The number of methoxy groups -OCH3 is 1. The predicted octanol–water partition coefficient (Wildman–Crippen LogP) is 2.07. The number of allylic oxidation sites excluding steroid dienone is 4. The third kappa shape index (κ3) is 2.88. The molecule has 0 bridgehead atoms. The Labute approximate surface area is 106 Å². The molecule has 2 rings (SSSR count). The van der Waals surface area contributed by atoms with Crippen LogP contribution in [0.1, 0.15) is 25.7 Å². The van der Waals surface area contributed by atoms with Gasteiger partial charge in [-0.1, -0.05) is 24.3 Å². The van der Waals surface area contributed by atoms with E-state index in [-0.39, 0.29) is 18.0 Å². The summed E-state index contributed by atoms with van der Waals surface area (Å²) in [5, 5.41) is 0. The second-order valence-corrected chi connectivity index (χ2v) is 4.36. The molecule has 0 amide bonds. The molecule has 0 aromatic heterocycles. The maximum atomic E-state index is 11.6. The van der Waals surface area contributed by atoms with Crippen molar-refractivity contribution >= 4 is 11.9 Å². The van der Waals surface area contributed by atoms with Gasteiger partial charge in [0, 0.05) is 18.4 Å². The van der Waals surface area contributed by atoms with Crippen LogP contribution in [0.5, 0.6) is 0 Å². The van der Waals surface area contributed by atoms with Crippen LogP contribution < -0.4 is 0 Å². The van der Waals surface area contributed by atoms with Gasteiger partial charge < -0.3 is 9.47 Å². The van der Waals surface area contributed by atoms with E-state index in [0.717, 1.165) is 18.4 Å². The van der Waals surface area contributed by atoms with Gasteiger partial charge in [-0.05, 0) is 18.4 Å². The molecule has 1 atom stereocenters. The molecule has 0 unspecified atom stereocenters. The molecule has 0 spiro atoms. The minimum Gasteiger partial charge on any atom is -0.466 e. The van der Waals surface area contributed by atoms with Gasteiger partial charge >= 0.3 is 11.9 Å². The van der Waals surface area contributed by atoms with Crippen molar-refractivity contribution in [1.29, 1.82) is 0 Å². The molecular formula is C14H16O4. The Morgan fingerprint density at radius 3 is 2.89 bits per heavy atom. The molecule has 4 heteroatoms. The average Bonchev–Trinajstić information content (AvgIpc) is 2.63. The number of ether oxygens (including phenoxy) is 2. The Morgan fingerprint density at radius 1 is 1.39 bits per heavy atom. The first-order chi connectivity index (χ1) is 8.70. The van der Waals surface area contributed by atoms with Crippen LogP contribution in [0.15, 0.2) is 35.5 Å². The summed E-state index contributed by atoms with van der Waals surface area (Å²) in [7, 11) is 1.36. The van der Waals surface area contributed by atoms with Crippen LogP contribution in [0.4, 0.5) is 0 Å². The molecule has 0 N–H and O–H groups in total. The van der Waals surface area contributed by atoms with Crippen molar-refractivity contribution in [2.24, 2.45) is 0 Å². The molecule has 1 aliphatic heterocycles. The minimum absolute atomic E-state index is 0.163. The molecule has 1 saturated heterocycles. The lowest BCUT2D eigenvalue weighted by atomic mass is 9.95. The van der Waals surface area contributed by atoms with Crippen molar-refractivity contribution in [2.75, 3.05) is 7.11 Å². The van der Waals surface area contributed by atoms with Crippen LogP contribution >= 0.6 is 0 Å². The van der Waals surface area contributed by atoms with E-state index in [1.165, 1.54) is 7.11 Å². The summed E-state index contributed by atoms with van der Waals surface area (Å²) in [5.41, 5.74) is 1.53. The third-order valence-electron chi connectivity index (χ3n) is 3.10. The van der Waals surface area contributed by atoms with Gasteiger partial charge in [0.1, 0.15) is 6.10 Å². The summed E-state index contributed by atoms with van der Waals surface area (Å²) in [6, 6.07) is 0. The lowest BCUT2D eigenvalue weighted by Crippen LogP contribution is -2.26. The van der Waals surface area contributed by atoms with Gasteiger partial charge in [0.15, 0.2) is 0 Å². The van der Waals surface area contributed by atoms with Crippen molar-refractivity contribution in [3.63, 3.8) is 0 Å². The third-order valence-corrected chi connectivity index (χ3v) is 3.10. The summed E-state index contributed by atoms with van der Waals surface area (Å²) < 4.78 is 10.0. The molecule has 0 saturated carbocycles. The first-order valence-corrected chi connectivity index (χ1v) is 6.05. The molecule has 1 aliphatic carbocycles. The zero-order valence-corrected chi connectivity index (χ0v) is 10.3. The normalized spacial score (nSPS) is 23.6. The molecular weight excluding hydrogens is 232 g/mol. The molecule has 0 radical (unpaired) electrons. The molecule has 2 aliphatic rings. The fourth-order valence-corrected chi connectivity index (χ4v) is 2.15. The van der Waals surface area contributed by atoms with Crippen molar-refractivity contribution in [3.05, 3.63) is 35.5 Å². The summed E-state index contributed by atoms with van der Waals surface area (Å²) in [6.07, 6.45) is 9.70. The van der Waals surface area contributed by atoms with Crippen molar-refractivity contribution < 1.29 is 19.1 Å². The maximum Gasteiger partial charge on any atom is 0.334 e. The molecule has 0 aromatic carbocycles. The summed E-state index contributed by atoms with van der Waals surface area (Å²) in [5.74, 6) is -0.501. The van der Waals surface area contributed by atoms with Crippen LogP contribution in [-0.2, 0) is 19.1 Å². The monoisotopic (exact) mass is 248 g/mol. The van der Waals surface area contributed by atoms with Gasteiger partial charge in [0.05, 0.1) is 7.11 Å². The molecule has 1 fully saturated rings. The van der Waals surface area contributed by atoms with Gasteiger partial charge in [-0.15, -0.1) is 0 Å². The van der Waals surface area contributed by atoms with Gasteiger partial charge in [0.25, 0.3) is 0 Å². The van der Waals surface area contributed by atoms with Crippen LogP contribution in [0.3, 0.4) is 0 Å². The number of cyclic esters (lactones) is 1. The number of esters is 2. The Morgan fingerprint density at radius 2 is 2.17 bits per heavy atom. The largest absolute Gasteiger partial charge is 0.466 e. The lowest BCUT2D eigenvalue weighted by molar-refractivity contribution is -0.151. The standard InChI is InChI=1S/C14H16O4/c1-17-14(16)11-6-3-2-5-10(9-11)12-7-4-8-13(15)18-12/h2-3,5-6,12H,4,7-9H2,1H3/t12-/m1/s1. The number of carbonyl (C=O) groups excluding carboxylic acids is 2. The van der Waals surface area contributed by atoms with E-state index < -0.39 is 0 Å². The molecule has 96 valence electrons. The number of hydrogen-bond acceptors (Lipinski definition) is 4. The SMILES string of the molecule is COC(=O)C1=CC=CC=C([C@H]2CCCC(=O)O2)C1. The summed E-state index contributed by atoms with van der Waals surface area (Å²) in [4.78, 5) is 22.9. The Balaban J connectivity index is 2.12. The average molecular weight is 248 g/mol. The second-order valence-electron chi connectivity index (χ2n) is 4.36. The van der Waals surface area contributed by atoms with Crippen LogP contribution in [0.2, 0.25) is 0 Å². The summed E-state index contributed by atoms with van der Waals surface area (Å²) in [6.45, 7) is 0. The number of hydrogen-bond donors (Lipinski definition) is 0. The Hall–Kier alpha value is -1.84. The fraction of sp³-hybridized carbons (Fsp3) is 0.429. The van der Waals surface area contributed by atoms with Gasteiger partial charge in [0.2, 0.25) is 0 Å². The highest BCUT2D eigenvalue weighted by atomic mass is 16.5. The van der Waals surface area contributed by atoms with Crippen molar-refractivity contribution in [3.8, 4) is 0 Å². The van der Waals surface area contributed by atoms with Crippen LogP contribution in [0.25, 0.3) is 0 Å². The number of carbonyl (C=O) groups is 2. The van der Waals surface area contributed by atoms with Crippen molar-refractivity contribution in [2.45, 2.75) is 31.8 Å². The fourth-order valence-electron chi connectivity index (χ4n) is 2.15. The maximum absolute atomic E-state index is 11.6. The zero-order valence-electron chi connectivity index (χ0n) is 10.3. The smallest absolute Gasteiger partial charge is 0.334 e. The second kappa shape index (κ2) is 5.67. The van der Waals surface area contributed by atoms with Crippen LogP contribution in [0, 0.1) is 0 Å². The van der Waals surface area contributed by atoms with Gasteiger partial charge in [-0.2, -0.15) is 0 Å². The highest BCUT2D eigenvalue weighted by Crippen LogP contribution is 2.27. The predicted molar refractivity (Wildman–Crippen MR) is 65.7 cm³/mol. The first-order valence-electron chi connectivity index (χ1n) is 6.05. The lowest BCUT2D eigenvalue weighted by Gasteiger charge is -2.24. The van der Waals surface area contributed by atoms with E-state index >= 15 is 0 Å². The quantitative estimate of drug-likeness (QED) is 0.702. The van der Waals surface area contributed by atoms with E-state index in [2.05, 4.69) is 0 Å². The van der Waals surface area contributed by atoms with E-state index in [1.807, 2.05) is 12.2 Å². The molecule has 18 heavy (non-hydrogen) atoms. The molecule has 4 nitrogen and oxygen atoms in total. The van der Waals surface area contributed by atoms with E-state index in [1.54, 1.807) is 12.2 Å². The minimum atomic E-state index is -0.338. The Bertz CT molecular complexity index is 443. The van der Waals surface area contributed by atoms with Gasteiger partial charge in [-0.25, -0.2) is 4.79 Å². The van der Waals surface area contributed by atoms with E-state index in [4.69, 9.17) is 9.47 Å². The van der Waals surface area contributed by atoms with Gasteiger partial charge in [-0.3, -0.25) is 4.79 Å². The highest BCUT2D eigenvalue weighted by Gasteiger charge is 2.25. The molecule has 0 aromatic rings. The summed E-state index contributed by atoms with van der Waals surface area (Å²) >= 11 is 0. The van der Waals surface area contributed by atoms with Crippen molar-refractivity contribution in [1.82, 2.24) is 0 Å². The van der Waals surface area contributed by atoms with E-state index in [0.29, 0.717) is 18.4 Å². The molecule has 1 heterocycles. The first kappa shape index (κ1) is 12.6. The Kier molecular flexibility index (Phi) is 3.97. The topological polar surface area (TPSA) is 52.6 Å². The van der Waals surface area contributed by atoms with E-state index in [9.17, 15) is 9.59 Å². The highest BCUT2D eigenvalue weighted by molar-refractivity contribution is 5.89. The van der Waals surface area contributed by atoms with Crippen LogP contribution in [-0.4, -0.2) is 25.2 Å².